The molecule has 0 radical (unpaired) electrons. The second kappa shape index (κ2) is 5.64. The first kappa shape index (κ1) is 12.6. The van der Waals surface area contributed by atoms with Crippen molar-refractivity contribution in [3.63, 3.8) is 0 Å². The Bertz CT molecular complexity index is 476. The lowest BCUT2D eigenvalue weighted by atomic mass is 10.0. The highest BCUT2D eigenvalue weighted by Gasteiger charge is 2.02. The molecule has 1 atom stereocenters. The third kappa shape index (κ3) is 3.29. The quantitative estimate of drug-likeness (QED) is 0.869. The number of benzene rings is 1. The van der Waals surface area contributed by atoms with Gasteiger partial charge in [0.2, 0.25) is 0 Å². The van der Waals surface area contributed by atoms with Gasteiger partial charge in [0.15, 0.2) is 0 Å². The van der Waals surface area contributed by atoms with E-state index in [1.54, 1.807) is 0 Å². The fourth-order valence-corrected chi connectivity index (χ4v) is 2.06. The molecule has 0 aliphatic carbocycles. The summed E-state index contributed by atoms with van der Waals surface area (Å²) in [7, 11) is 0. The molecule has 0 saturated carbocycles. The van der Waals surface area contributed by atoms with Crippen LogP contribution in [0.3, 0.4) is 0 Å². The minimum atomic E-state index is 0.256. The molecule has 1 heterocycles. The van der Waals surface area contributed by atoms with Gasteiger partial charge in [-0.15, -0.1) is 0 Å². The fourth-order valence-electron chi connectivity index (χ4n) is 1.67. The first-order chi connectivity index (χ1) is 8.19. The zero-order valence-corrected chi connectivity index (χ0v) is 12.0. The van der Waals surface area contributed by atoms with Crippen molar-refractivity contribution in [3.05, 3.63) is 45.8 Å². The van der Waals surface area contributed by atoms with Crippen LogP contribution in [0.2, 0.25) is 0 Å². The predicted molar refractivity (Wildman–Crippen MR) is 78.3 cm³/mol. The number of rotatable bonds is 4. The molecule has 1 unspecified atom stereocenters. The third-order valence-corrected chi connectivity index (χ3v) is 3.33. The van der Waals surface area contributed by atoms with Gasteiger partial charge in [-0.1, -0.05) is 19.1 Å². The van der Waals surface area contributed by atoms with Crippen molar-refractivity contribution in [1.82, 2.24) is 9.78 Å². The largest absolute Gasteiger partial charge is 0.327 e. The SMILES string of the molecule is CCC(N)Cc1ccc(-n2cc(I)cn2)cc1. The lowest BCUT2D eigenvalue weighted by Gasteiger charge is -2.09. The molecule has 1 aromatic carbocycles. The van der Waals surface area contributed by atoms with Crippen molar-refractivity contribution in [2.75, 3.05) is 0 Å². The van der Waals surface area contributed by atoms with Crippen molar-refractivity contribution in [2.24, 2.45) is 5.73 Å². The van der Waals surface area contributed by atoms with E-state index in [1.165, 1.54) is 5.56 Å². The van der Waals surface area contributed by atoms with Crippen molar-refractivity contribution in [1.29, 1.82) is 0 Å². The first-order valence-electron chi connectivity index (χ1n) is 5.74. The lowest BCUT2D eigenvalue weighted by Crippen LogP contribution is -2.21. The summed E-state index contributed by atoms with van der Waals surface area (Å²) < 4.78 is 3.02. The molecule has 2 aromatic rings. The number of nitrogens with two attached hydrogens (primary N) is 1. The summed E-state index contributed by atoms with van der Waals surface area (Å²) in [5.41, 5.74) is 8.31. The number of halogens is 1. The molecule has 2 N–H and O–H groups in total. The predicted octanol–water partition coefficient (Wildman–Crippen LogP) is 2.76. The van der Waals surface area contributed by atoms with Crippen LogP contribution in [0, 0.1) is 3.57 Å². The summed E-state index contributed by atoms with van der Waals surface area (Å²) in [6, 6.07) is 8.67. The van der Waals surface area contributed by atoms with Crippen molar-refractivity contribution < 1.29 is 0 Å². The summed E-state index contributed by atoms with van der Waals surface area (Å²) in [4.78, 5) is 0. The van der Waals surface area contributed by atoms with Gasteiger partial charge in [0, 0.05) is 12.2 Å². The topological polar surface area (TPSA) is 43.8 Å². The zero-order valence-electron chi connectivity index (χ0n) is 9.81. The van der Waals surface area contributed by atoms with Crippen LogP contribution in [-0.2, 0) is 6.42 Å². The van der Waals surface area contributed by atoms with Crippen LogP contribution < -0.4 is 5.73 Å². The Morgan fingerprint density at radius 3 is 2.59 bits per heavy atom. The normalized spacial score (nSPS) is 12.6. The Balaban J connectivity index is 2.13. The molecule has 0 aliphatic rings. The van der Waals surface area contributed by atoms with Crippen LogP contribution in [0.1, 0.15) is 18.9 Å². The molecule has 0 spiro atoms. The van der Waals surface area contributed by atoms with Crippen LogP contribution >= 0.6 is 22.6 Å². The van der Waals surface area contributed by atoms with E-state index in [-0.39, 0.29) is 6.04 Å². The second-order valence-corrected chi connectivity index (χ2v) is 5.39. The van der Waals surface area contributed by atoms with E-state index in [0.717, 1.165) is 22.1 Å². The third-order valence-electron chi connectivity index (χ3n) is 2.77. The fraction of sp³-hybridized carbons (Fsp3) is 0.308. The van der Waals surface area contributed by atoms with Gasteiger partial charge in [0.25, 0.3) is 0 Å². The van der Waals surface area contributed by atoms with Gasteiger partial charge in [-0.05, 0) is 53.1 Å². The van der Waals surface area contributed by atoms with Crippen LogP contribution in [0.4, 0.5) is 0 Å². The Morgan fingerprint density at radius 2 is 2.06 bits per heavy atom. The average Bonchev–Trinajstić information content (AvgIpc) is 2.77. The highest BCUT2D eigenvalue weighted by molar-refractivity contribution is 14.1. The van der Waals surface area contributed by atoms with Gasteiger partial charge in [0.1, 0.15) is 0 Å². The highest BCUT2D eigenvalue weighted by Crippen LogP contribution is 2.12. The van der Waals surface area contributed by atoms with Gasteiger partial charge in [-0.3, -0.25) is 0 Å². The van der Waals surface area contributed by atoms with Crippen molar-refractivity contribution in [2.45, 2.75) is 25.8 Å². The van der Waals surface area contributed by atoms with E-state index in [0.29, 0.717) is 0 Å². The smallest absolute Gasteiger partial charge is 0.0646 e. The van der Waals surface area contributed by atoms with Crippen LogP contribution in [-0.4, -0.2) is 15.8 Å². The van der Waals surface area contributed by atoms with Crippen molar-refractivity contribution >= 4 is 22.6 Å². The maximum Gasteiger partial charge on any atom is 0.0646 e. The maximum absolute atomic E-state index is 5.94. The summed E-state index contributed by atoms with van der Waals surface area (Å²) in [5, 5.41) is 4.28. The van der Waals surface area contributed by atoms with Crippen molar-refractivity contribution in [3.8, 4) is 5.69 Å². The molecule has 0 amide bonds. The minimum Gasteiger partial charge on any atom is -0.327 e. The Labute approximate surface area is 115 Å². The van der Waals surface area contributed by atoms with E-state index < -0.39 is 0 Å². The minimum absolute atomic E-state index is 0.256. The molecule has 90 valence electrons. The number of aromatic nitrogens is 2. The summed E-state index contributed by atoms with van der Waals surface area (Å²) in [6.45, 7) is 2.12. The Hall–Kier alpha value is -0.880. The molecule has 4 heteroatoms. The van der Waals surface area contributed by atoms with Gasteiger partial charge in [-0.25, -0.2) is 4.68 Å². The van der Waals surface area contributed by atoms with E-state index in [9.17, 15) is 0 Å². The van der Waals surface area contributed by atoms with E-state index in [1.807, 2.05) is 17.1 Å². The van der Waals surface area contributed by atoms with Gasteiger partial charge in [-0.2, -0.15) is 5.10 Å². The molecule has 0 fully saturated rings. The average molecular weight is 341 g/mol. The second-order valence-electron chi connectivity index (χ2n) is 4.14. The highest BCUT2D eigenvalue weighted by atomic mass is 127. The molecular weight excluding hydrogens is 325 g/mol. The molecular formula is C13H16IN3. The Morgan fingerprint density at radius 1 is 1.35 bits per heavy atom. The van der Waals surface area contributed by atoms with E-state index in [4.69, 9.17) is 5.73 Å². The standard InChI is InChI=1S/C13H16IN3/c1-2-12(15)7-10-3-5-13(6-4-10)17-9-11(14)8-16-17/h3-6,8-9,12H,2,7,15H2,1H3. The zero-order chi connectivity index (χ0) is 12.3. The summed E-state index contributed by atoms with van der Waals surface area (Å²) in [6.07, 6.45) is 5.81. The molecule has 17 heavy (non-hydrogen) atoms. The number of nitrogens with zero attached hydrogens (tertiary/aromatic N) is 2. The van der Waals surface area contributed by atoms with Crippen LogP contribution in [0.25, 0.3) is 5.69 Å². The molecule has 0 aliphatic heterocycles. The van der Waals surface area contributed by atoms with E-state index >= 15 is 0 Å². The first-order valence-corrected chi connectivity index (χ1v) is 6.82. The maximum atomic E-state index is 5.94. The number of hydrogen-bond acceptors (Lipinski definition) is 2. The molecule has 2 rings (SSSR count). The van der Waals surface area contributed by atoms with Gasteiger partial charge < -0.3 is 5.73 Å². The lowest BCUT2D eigenvalue weighted by molar-refractivity contribution is 0.646. The Kier molecular flexibility index (Phi) is 4.17. The molecule has 0 bridgehead atoms. The summed E-state index contributed by atoms with van der Waals surface area (Å²) in [5.74, 6) is 0. The van der Waals surface area contributed by atoms with Gasteiger partial charge in [0.05, 0.1) is 15.5 Å². The number of hydrogen-bond donors (Lipinski definition) is 1. The summed E-state index contributed by atoms with van der Waals surface area (Å²) >= 11 is 2.26. The molecule has 1 aromatic heterocycles. The van der Waals surface area contributed by atoms with E-state index in [2.05, 4.69) is 58.9 Å². The van der Waals surface area contributed by atoms with Crippen LogP contribution in [0.5, 0.6) is 0 Å². The monoisotopic (exact) mass is 341 g/mol. The molecule has 0 saturated heterocycles. The van der Waals surface area contributed by atoms with Crippen LogP contribution in [0.15, 0.2) is 36.7 Å². The van der Waals surface area contributed by atoms with Gasteiger partial charge >= 0.3 is 0 Å². The molecule has 3 nitrogen and oxygen atoms in total.